The molecule has 0 atom stereocenters. The number of amides is 3. The number of hydrogen-bond acceptors (Lipinski definition) is 3. The van der Waals surface area contributed by atoms with E-state index in [1.165, 1.54) is 11.0 Å². The molecule has 40 heavy (non-hydrogen) atoms. The van der Waals surface area contributed by atoms with Crippen molar-refractivity contribution in [3.05, 3.63) is 102 Å². The van der Waals surface area contributed by atoms with Crippen molar-refractivity contribution in [3.8, 4) is 22.7 Å². The van der Waals surface area contributed by atoms with Crippen molar-refractivity contribution in [2.24, 2.45) is 0 Å². The number of urea groups is 1. The topological polar surface area (TPSA) is 66.8 Å². The van der Waals surface area contributed by atoms with Crippen molar-refractivity contribution in [1.82, 2.24) is 14.4 Å². The molecule has 0 spiro atoms. The van der Waals surface area contributed by atoms with E-state index in [0.717, 1.165) is 17.7 Å². The number of rotatable bonds is 5. The van der Waals surface area contributed by atoms with Crippen molar-refractivity contribution in [2.45, 2.75) is 6.92 Å². The minimum absolute atomic E-state index is 0.125. The molecule has 4 aromatic rings. The molecule has 0 aliphatic carbocycles. The van der Waals surface area contributed by atoms with Gasteiger partial charge < -0.3 is 24.4 Å². The van der Waals surface area contributed by atoms with Gasteiger partial charge in [0, 0.05) is 43.5 Å². The molecule has 1 aromatic heterocycles. The SMILES string of the molecule is COc1cccc(-c2cc(C(=O)N3CCN(C(=O)Nc4ccc(F)cc4F)CC3)c(C)n2-c2ccccc2F)c1. The fourth-order valence-electron chi connectivity index (χ4n) is 4.83. The minimum Gasteiger partial charge on any atom is -0.497 e. The van der Waals surface area contributed by atoms with Gasteiger partial charge in [-0.05, 0) is 49.4 Å². The molecule has 0 saturated carbocycles. The van der Waals surface area contributed by atoms with Gasteiger partial charge in [-0.25, -0.2) is 18.0 Å². The lowest BCUT2D eigenvalue weighted by atomic mass is 10.1. The quantitative estimate of drug-likeness (QED) is 0.339. The average Bonchev–Trinajstić information content (AvgIpc) is 3.31. The summed E-state index contributed by atoms with van der Waals surface area (Å²) in [6.07, 6.45) is 0. The Morgan fingerprint density at radius 1 is 0.825 bits per heavy atom. The highest BCUT2D eigenvalue weighted by Crippen LogP contribution is 2.33. The molecule has 0 bridgehead atoms. The lowest BCUT2D eigenvalue weighted by Gasteiger charge is -2.34. The summed E-state index contributed by atoms with van der Waals surface area (Å²) in [6, 6.07) is 17.8. The molecule has 3 amide bonds. The molecule has 5 rings (SSSR count). The maximum atomic E-state index is 15.0. The first-order valence-electron chi connectivity index (χ1n) is 12.7. The van der Waals surface area contributed by atoms with Gasteiger partial charge in [0.15, 0.2) is 0 Å². The number of piperazine rings is 1. The summed E-state index contributed by atoms with van der Waals surface area (Å²) in [6.45, 7) is 2.70. The van der Waals surface area contributed by atoms with Crippen molar-refractivity contribution >= 4 is 17.6 Å². The van der Waals surface area contributed by atoms with E-state index < -0.39 is 23.5 Å². The van der Waals surface area contributed by atoms with Crippen LogP contribution in [-0.4, -0.2) is 59.6 Å². The molecule has 0 unspecified atom stereocenters. The molecule has 10 heteroatoms. The van der Waals surface area contributed by atoms with Crippen LogP contribution in [0, 0.1) is 24.4 Å². The van der Waals surface area contributed by atoms with E-state index in [-0.39, 0.29) is 37.8 Å². The second-order valence-electron chi connectivity index (χ2n) is 9.38. The second kappa shape index (κ2) is 11.2. The zero-order valence-corrected chi connectivity index (χ0v) is 22.0. The van der Waals surface area contributed by atoms with E-state index in [0.29, 0.717) is 34.5 Å². The number of nitrogens with zero attached hydrogens (tertiary/aromatic N) is 3. The standard InChI is InChI=1S/C30H27F3N4O3/c1-19-23(18-28(20-6-5-7-22(16-20)40-2)37(19)27-9-4-3-8-24(27)32)29(38)35-12-14-36(15-13-35)30(39)34-26-11-10-21(31)17-25(26)33/h3-11,16-18H,12-15H2,1-2H3,(H,34,39). The summed E-state index contributed by atoms with van der Waals surface area (Å²) < 4.78 is 49.2. The minimum atomic E-state index is -0.871. The average molecular weight is 549 g/mol. The third-order valence-corrected chi connectivity index (χ3v) is 6.96. The summed E-state index contributed by atoms with van der Waals surface area (Å²) in [5.41, 5.74) is 2.54. The molecule has 1 fully saturated rings. The first kappa shape index (κ1) is 26.9. The number of aromatic nitrogens is 1. The summed E-state index contributed by atoms with van der Waals surface area (Å²) in [4.78, 5) is 29.4. The van der Waals surface area contributed by atoms with Crippen LogP contribution in [0.25, 0.3) is 16.9 Å². The molecular weight excluding hydrogens is 521 g/mol. The Morgan fingerprint density at radius 2 is 1.55 bits per heavy atom. The first-order chi connectivity index (χ1) is 19.3. The van der Waals surface area contributed by atoms with E-state index in [1.54, 1.807) is 53.8 Å². The number of para-hydroxylation sites is 1. The molecule has 206 valence electrons. The highest BCUT2D eigenvalue weighted by molar-refractivity contribution is 5.98. The monoisotopic (exact) mass is 548 g/mol. The Labute approximate surface area is 229 Å². The maximum absolute atomic E-state index is 15.0. The molecular formula is C30H27F3N4O3. The Kier molecular flexibility index (Phi) is 7.50. The summed E-state index contributed by atoms with van der Waals surface area (Å²) in [5, 5.41) is 2.45. The molecule has 2 heterocycles. The fourth-order valence-corrected chi connectivity index (χ4v) is 4.83. The summed E-state index contributed by atoms with van der Waals surface area (Å²) in [7, 11) is 1.56. The summed E-state index contributed by atoms with van der Waals surface area (Å²) >= 11 is 0. The van der Waals surface area contributed by atoms with E-state index in [4.69, 9.17) is 4.74 Å². The van der Waals surface area contributed by atoms with Crippen molar-refractivity contribution in [2.75, 3.05) is 38.6 Å². The molecule has 1 N–H and O–H groups in total. The van der Waals surface area contributed by atoms with Crippen LogP contribution in [0.15, 0.2) is 72.8 Å². The van der Waals surface area contributed by atoms with E-state index >= 15 is 0 Å². The molecule has 0 radical (unpaired) electrons. The Hall–Kier alpha value is -4.73. The fraction of sp³-hybridized carbons (Fsp3) is 0.200. The van der Waals surface area contributed by atoms with Gasteiger partial charge in [-0.1, -0.05) is 24.3 Å². The van der Waals surface area contributed by atoms with Gasteiger partial charge in [-0.2, -0.15) is 0 Å². The van der Waals surface area contributed by atoms with Gasteiger partial charge in [0.2, 0.25) is 0 Å². The van der Waals surface area contributed by atoms with E-state index in [9.17, 15) is 22.8 Å². The van der Waals surface area contributed by atoms with Crippen LogP contribution in [0.2, 0.25) is 0 Å². The predicted molar refractivity (Wildman–Crippen MR) is 145 cm³/mol. The number of benzene rings is 3. The van der Waals surface area contributed by atoms with Crippen LogP contribution in [0.5, 0.6) is 5.75 Å². The van der Waals surface area contributed by atoms with Crippen molar-refractivity contribution < 1.29 is 27.5 Å². The highest BCUT2D eigenvalue weighted by Gasteiger charge is 2.29. The van der Waals surface area contributed by atoms with E-state index in [2.05, 4.69) is 5.32 Å². The summed E-state index contributed by atoms with van der Waals surface area (Å²) in [5.74, 6) is -1.66. The van der Waals surface area contributed by atoms with Crippen LogP contribution in [-0.2, 0) is 0 Å². The number of ether oxygens (including phenoxy) is 1. The predicted octanol–water partition coefficient (Wildman–Crippen LogP) is 5.87. The lowest BCUT2D eigenvalue weighted by Crippen LogP contribution is -2.51. The number of halogens is 3. The van der Waals surface area contributed by atoms with Gasteiger partial charge >= 0.3 is 6.03 Å². The number of methoxy groups -OCH3 is 1. The van der Waals surface area contributed by atoms with Gasteiger partial charge in [0.1, 0.15) is 23.2 Å². The Bertz CT molecular complexity index is 1580. The number of hydrogen-bond donors (Lipinski definition) is 1. The number of anilines is 1. The van der Waals surface area contributed by atoms with Crippen LogP contribution < -0.4 is 10.1 Å². The number of carbonyl (C=O) groups is 2. The zero-order valence-electron chi connectivity index (χ0n) is 22.0. The van der Waals surface area contributed by atoms with Crippen molar-refractivity contribution in [1.29, 1.82) is 0 Å². The zero-order chi connectivity index (χ0) is 28.4. The van der Waals surface area contributed by atoms with Crippen LogP contribution in [0.3, 0.4) is 0 Å². The van der Waals surface area contributed by atoms with Gasteiger partial charge in [-0.3, -0.25) is 4.79 Å². The third kappa shape index (κ3) is 5.25. The molecule has 1 aliphatic rings. The van der Waals surface area contributed by atoms with Gasteiger partial charge in [-0.15, -0.1) is 0 Å². The number of carbonyl (C=O) groups excluding carboxylic acids is 2. The molecule has 3 aromatic carbocycles. The Morgan fingerprint density at radius 3 is 2.25 bits per heavy atom. The van der Waals surface area contributed by atoms with Gasteiger partial charge in [0.05, 0.1) is 29.7 Å². The highest BCUT2D eigenvalue weighted by atomic mass is 19.1. The molecule has 7 nitrogen and oxygen atoms in total. The largest absolute Gasteiger partial charge is 0.497 e. The number of nitrogens with one attached hydrogen (secondary N) is 1. The first-order valence-corrected chi connectivity index (χ1v) is 12.7. The third-order valence-electron chi connectivity index (χ3n) is 6.96. The molecule has 1 aliphatic heterocycles. The lowest BCUT2D eigenvalue weighted by molar-refractivity contribution is 0.0671. The van der Waals surface area contributed by atoms with Crippen LogP contribution in [0.4, 0.5) is 23.7 Å². The normalized spacial score (nSPS) is 13.3. The second-order valence-corrected chi connectivity index (χ2v) is 9.38. The van der Waals surface area contributed by atoms with E-state index in [1.807, 2.05) is 18.2 Å². The smallest absolute Gasteiger partial charge is 0.322 e. The van der Waals surface area contributed by atoms with Gasteiger partial charge in [0.25, 0.3) is 5.91 Å². The van der Waals surface area contributed by atoms with Crippen molar-refractivity contribution in [3.63, 3.8) is 0 Å². The van der Waals surface area contributed by atoms with Crippen LogP contribution >= 0.6 is 0 Å². The maximum Gasteiger partial charge on any atom is 0.322 e. The Balaban J connectivity index is 1.38. The van der Waals surface area contributed by atoms with Crippen LogP contribution in [0.1, 0.15) is 16.1 Å². The molecule has 1 saturated heterocycles.